The molecule has 0 saturated heterocycles. The van der Waals surface area contributed by atoms with E-state index in [2.05, 4.69) is 5.32 Å². The summed E-state index contributed by atoms with van der Waals surface area (Å²) in [6, 6.07) is 3.95. The predicted octanol–water partition coefficient (Wildman–Crippen LogP) is 1.65. The maximum absolute atomic E-state index is 12.0. The summed E-state index contributed by atoms with van der Waals surface area (Å²) in [5.41, 5.74) is 0.637. The van der Waals surface area contributed by atoms with Gasteiger partial charge in [0.1, 0.15) is 0 Å². The quantitative estimate of drug-likeness (QED) is 0.626. The fourth-order valence-corrected chi connectivity index (χ4v) is 1.62. The van der Waals surface area contributed by atoms with Crippen LogP contribution in [0.1, 0.15) is 29.8 Å². The van der Waals surface area contributed by atoms with E-state index in [0.717, 1.165) is 0 Å². The first-order chi connectivity index (χ1) is 8.86. The molecule has 1 atom stereocenters. The molecule has 0 aliphatic rings. The van der Waals surface area contributed by atoms with Crippen LogP contribution in [0, 0.1) is 23.0 Å². The lowest BCUT2D eigenvalue weighted by atomic mass is 10.0. The Morgan fingerprint density at radius 2 is 2.11 bits per heavy atom. The second-order valence-corrected chi connectivity index (χ2v) is 4.76. The number of aliphatic hydroxyl groups excluding tert-OH is 1. The number of nitrogens with zero attached hydrogens (tertiary/aromatic N) is 1. The summed E-state index contributed by atoms with van der Waals surface area (Å²) in [6.07, 6.45) is 0. The highest BCUT2D eigenvalue weighted by molar-refractivity contribution is 5.95. The molecule has 19 heavy (non-hydrogen) atoms. The normalized spacial score (nSPS) is 12.3. The van der Waals surface area contributed by atoms with Crippen molar-refractivity contribution in [3.63, 3.8) is 0 Å². The molecular weight excluding hydrogens is 248 g/mol. The van der Waals surface area contributed by atoms with E-state index in [-0.39, 0.29) is 29.8 Å². The van der Waals surface area contributed by atoms with E-state index in [1.807, 2.05) is 13.8 Å². The van der Waals surface area contributed by atoms with Gasteiger partial charge in [0, 0.05) is 17.2 Å². The highest BCUT2D eigenvalue weighted by Crippen LogP contribution is 2.19. The lowest BCUT2D eigenvalue weighted by molar-refractivity contribution is -0.385. The number of hydrogen-bond acceptors (Lipinski definition) is 4. The van der Waals surface area contributed by atoms with Gasteiger partial charge in [-0.1, -0.05) is 19.9 Å². The molecular formula is C13H18N2O4. The van der Waals surface area contributed by atoms with E-state index in [1.165, 1.54) is 18.2 Å². The third kappa shape index (κ3) is 3.75. The number of rotatable bonds is 5. The first kappa shape index (κ1) is 15.1. The number of aliphatic hydroxyl groups is 1. The molecule has 0 bridgehead atoms. The van der Waals surface area contributed by atoms with Crippen LogP contribution < -0.4 is 5.32 Å². The third-order valence-corrected chi connectivity index (χ3v) is 2.99. The van der Waals surface area contributed by atoms with Crippen LogP contribution in [0.5, 0.6) is 0 Å². The van der Waals surface area contributed by atoms with Crippen molar-refractivity contribution in [2.24, 2.45) is 5.92 Å². The standard InChI is InChI=1S/C13H18N2O4/c1-8(2)11(7-16)14-13(17)10-5-4-9(3)12(6-10)15(18)19/h4-6,8,11,16H,7H2,1-3H3,(H,14,17)/t11-/m1/s1. The van der Waals surface area contributed by atoms with Gasteiger partial charge in [-0.3, -0.25) is 14.9 Å². The fraction of sp³-hybridized carbons (Fsp3) is 0.462. The van der Waals surface area contributed by atoms with Crippen LogP contribution in [-0.2, 0) is 0 Å². The van der Waals surface area contributed by atoms with Gasteiger partial charge in [0.2, 0.25) is 0 Å². The van der Waals surface area contributed by atoms with Gasteiger partial charge in [0.25, 0.3) is 11.6 Å². The summed E-state index contributed by atoms with van der Waals surface area (Å²) in [4.78, 5) is 22.3. The molecule has 0 unspecified atom stereocenters. The number of nitrogens with one attached hydrogen (secondary N) is 1. The van der Waals surface area contributed by atoms with Gasteiger partial charge in [0.05, 0.1) is 17.6 Å². The Balaban J connectivity index is 2.94. The molecule has 0 aliphatic carbocycles. The molecule has 1 rings (SSSR count). The Kier molecular flexibility index (Phi) is 5.00. The zero-order valence-corrected chi connectivity index (χ0v) is 11.2. The Labute approximate surface area is 111 Å². The number of nitro benzene ring substituents is 1. The lowest BCUT2D eigenvalue weighted by Crippen LogP contribution is -2.41. The fourth-order valence-electron chi connectivity index (χ4n) is 1.62. The molecule has 1 aromatic rings. The topological polar surface area (TPSA) is 92.5 Å². The maximum Gasteiger partial charge on any atom is 0.273 e. The van der Waals surface area contributed by atoms with E-state index in [4.69, 9.17) is 5.11 Å². The van der Waals surface area contributed by atoms with Gasteiger partial charge >= 0.3 is 0 Å². The SMILES string of the molecule is Cc1ccc(C(=O)N[C@H](CO)C(C)C)cc1[N+](=O)[O-]. The lowest BCUT2D eigenvalue weighted by Gasteiger charge is -2.19. The molecule has 0 aliphatic heterocycles. The number of nitro groups is 1. The number of amides is 1. The summed E-state index contributed by atoms with van der Waals surface area (Å²) >= 11 is 0. The van der Waals surface area contributed by atoms with E-state index in [1.54, 1.807) is 6.92 Å². The van der Waals surface area contributed by atoms with E-state index >= 15 is 0 Å². The maximum atomic E-state index is 12.0. The van der Waals surface area contributed by atoms with Crippen molar-refractivity contribution in [3.05, 3.63) is 39.4 Å². The van der Waals surface area contributed by atoms with Crippen LogP contribution in [0.15, 0.2) is 18.2 Å². The Bertz CT molecular complexity index is 486. The number of carbonyl (C=O) groups excluding carboxylic acids is 1. The third-order valence-electron chi connectivity index (χ3n) is 2.99. The number of aryl methyl sites for hydroxylation is 1. The first-order valence-corrected chi connectivity index (χ1v) is 6.03. The molecule has 2 N–H and O–H groups in total. The Morgan fingerprint density at radius 3 is 2.58 bits per heavy atom. The van der Waals surface area contributed by atoms with Crippen molar-refractivity contribution in [2.75, 3.05) is 6.61 Å². The Morgan fingerprint density at radius 1 is 1.47 bits per heavy atom. The molecule has 6 heteroatoms. The van der Waals surface area contributed by atoms with Gasteiger partial charge < -0.3 is 10.4 Å². The molecule has 0 aromatic heterocycles. The monoisotopic (exact) mass is 266 g/mol. The van der Waals surface area contributed by atoms with Crippen LogP contribution in [0.25, 0.3) is 0 Å². The smallest absolute Gasteiger partial charge is 0.273 e. The van der Waals surface area contributed by atoms with Gasteiger partial charge in [-0.2, -0.15) is 0 Å². The molecule has 0 heterocycles. The van der Waals surface area contributed by atoms with Crippen LogP contribution >= 0.6 is 0 Å². The summed E-state index contributed by atoms with van der Waals surface area (Å²) in [6.45, 7) is 5.19. The van der Waals surface area contributed by atoms with Gasteiger partial charge in [-0.15, -0.1) is 0 Å². The minimum absolute atomic E-state index is 0.0781. The second-order valence-electron chi connectivity index (χ2n) is 4.76. The van der Waals surface area contributed by atoms with Crippen molar-refractivity contribution in [2.45, 2.75) is 26.8 Å². The summed E-state index contributed by atoms with van der Waals surface area (Å²) in [5, 5.41) is 22.6. The van der Waals surface area contributed by atoms with Gasteiger partial charge in [-0.25, -0.2) is 0 Å². The summed E-state index contributed by atoms with van der Waals surface area (Å²) in [7, 11) is 0. The minimum atomic E-state index is -0.516. The van der Waals surface area contributed by atoms with Crippen molar-refractivity contribution >= 4 is 11.6 Å². The van der Waals surface area contributed by atoms with Crippen LogP contribution in [-0.4, -0.2) is 28.6 Å². The van der Waals surface area contributed by atoms with Crippen molar-refractivity contribution < 1.29 is 14.8 Å². The molecule has 0 fully saturated rings. The average Bonchev–Trinajstić information content (AvgIpc) is 2.35. The van der Waals surface area contributed by atoms with Crippen LogP contribution in [0.4, 0.5) is 5.69 Å². The number of benzene rings is 1. The van der Waals surface area contributed by atoms with Crippen molar-refractivity contribution in [1.29, 1.82) is 0 Å². The molecule has 104 valence electrons. The molecule has 1 amide bonds. The van der Waals surface area contributed by atoms with Gasteiger partial charge in [0.15, 0.2) is 0 Å². The molecule has 1 aromatic carbocycles. The zero-order valence-electron chi connectivity index (χ0n) is 11.2. The highest BCUT2D eigenvalue weighted by atomic mass is 16.6. The van der Waals surface area contributed by atoms with Crippen LogP contribution in [0.3, 0.4) is 0 Å². The largest absolute Gasteiger partial charge is 0.394 e. The molecule has 6 nitrogen and oxygen atoms in total. The van der Waals surface area contributed by atoms with Crippen molar-refractivity contribution in [3.8, 4) is 0 Å². The van der Waals surface area contributed by atoms with E-state index in [9.17, 15) is 14.9 Å². The predicted molar refractivity (Wildman–Crippen MR) is 71.0 cm³/mol. The first-order valence-electron chi connectivity index (χ1n) is 6.03. The molecule has 0 saturated carbocycles. The minimum Gasteiger partial charge on any atom is -0.394 e. The Hall–Kier alpha value is -1.95. The average molecular weight is 266 g/mol. The van der Waals surface area contributed by atoms with Gasteiger partial charge in [-0.05, 0) is 18.9 Å². The summed E-state index contributed by atoms with van der Waals surface area (Å²) in [5.74, 6) is -0.342. The summed E-state index contributed by atoms with van der Waals surface area (Å²) < 4.78 is 0. The van der Waals surface area contributed by atoms with Crippen LogP contribution in [0.2, 0.25) is 0 Å². The van der Waals surface area contributed by atoms with E-state index in [0.29, 0.717) is 5.56 Å². The highest BCUT2D eigenvalue weighted by Gasteiger charge is 2.19. The molecule has 0 spiro atoms. The second kappa shape index (κ2) is 6.29. The van der Waals surface area contributed by atoms with E-state index < -0.39 is 10.8 Å². The molecule has 0 radical (unpaired) electrons. The van der Waals surface area contributed by atoms with Crippen molar-refractivity contribution in [1.82, 2.24) is 5.32 Å². The number of carbonyl (C=O) groups is 1. The number of hydrogen-bond donors (Lipinski definition) is 2. The zero-order chi connectivity index (χ0) is 14.6.